The summed E-state index contributed by atoms with van der Waals surface area (Å²) in [5, 5.41) is 16.3. The molecule has 160 valence electrons. The number of amides is 1. The number of piperidine rings is 1. The Morgan fingerprint density at radius 1 is 1.17 bits per heavy atom. The van der Waals surface area contributed by atoms with Crippen LogP contribution in [0.25, 0.3) is 0 Å². The molecule has 2 heterocycles. The summed E-state index contributed by atoms with van der Waals surface area (Å²) >= 11 is 0. The molecule has 29 heavy (non-hydrogen) atoms. The topological polar surface area (TPSA) is 80.2 Å². The molecule has 0 aromatic heterocycles. The summed E-state index contributed by atoms with van der Waals surface area (Å²) < 4.78 is 0. The van der Waals surface area contributed by atoms with Gasteiger partial charge in [0.2, 0.25) is 5.91 Å². The van der Waals surface area contributed by atoms with E-state index in [4.69, 9.17) is 0 Å². The zero-order valence-electron chi connectivity index (χ0n) is 17.6. The van der Waals surface area contributed by atoms with Gasteiger partial charge in [-0.05, 0) is 56.8 Å². The van der Waals surface area contributed by atoms with Gasteiger partial charge in [-0.3, -0.25) is 4.79 Å². The third-order valence-electron chi connectivity index (χ3n) is 5.59. The largest absolute Gasteiger partial charge is 0.393 e. The standard InChI is InChI=1S/C22H35N5O2/c1-2-23-22(24-12-4-13-26-15-10-20(28)11-16-26)25-17-18-6-8-19(9-7-18)27-14-3-5-21(27)29/h6-9,20,28H,2-5,10-17H2,1H3,(H2,23,24,25). The molecule has 1 amide bonds. The van der Waals surface area contributed by atoms with Crippen LogP contribution in [-0.2, 0) is 11.3 Å². The van der Waals surface area contributed by atoms with Gasteiger partial charge in [-0.1, -0.05) is 12.1 Å². The SMILES string of the molecule is CCNC(=NCc1ccc(N2CCCC2=O)cc1)NCCCN1CCC(O)CC1. The minimum Gasteiger partial charge on any atom is -0.393 e. The van der Waals surface area contributed by atoms with E-state index in [1.165, 1.54) is 0 Å². The Morgan fingerprint density at radius 2 is 1.93 bits per heavy atom. The van der Waals surface area contributed by atoms with Crippen molar-refractivity contribution in [2.45, 2.75) is 51.7 Å². The molecular formula is C22H35N5O2. The van der Waals surface area contributed by atoms with Crippen LogP contribution in [0.1, 0.15) is 44.6 Å². The van der Waals surface area contributed by atoms with Crippen LogP contribution in [0.3, 0.4) is 0 Å². The number of hydrogen-bond donors (Lipinski definition) is 3. The maximum absolute atomic E-state index is 11.9. The van der Waals surface area contributed by atoms with Gasteiger partial charge in [0.1, 0.15) is 0 Å². The van der Waals surface area contributed by atoms with Gasteiger partial charge in [-0.15, -0.1) is 0 Å². The molecule has 2 aliphatic heterocycles. The summed E-state index contributed by atoms with van der Waals surface area (Å²) in [6, 6.07) is 8.14. The molecule has 3 N–H and O–H groups in total. The van der Waals surface area contributed by atoms with Crippen LogP contribution >= 0.6 is 0 Å². The molecule has 7 nitrogen and oxygen atoms in total. The Labute approximate surface area is 174 Å². The molecule has 0 spiro atoms. The molecule has 0 atom stereocenters. The number of aliphatic imine (C=N–C) groups is 1. The number of nitrogens with one attached hydrogen (secondary N) is 2. The van der Waals surface area contributed by atoms with Crippen LogP contribution in [0, 0.1) is 0 Å². The van der Waals surface area contributed by atoms with Crippen molar-refractivity contribution in [2.24, 2.45) is 4.99 Å². The van der Waals surface area contributed by atoms with Crippen molar-refractivity contribution in [3.05, 3.63) is 29.8 Å². The first-order valence-corrected chi connectivity index (χ1v) is 11.0. The van der Waals surface area contributed by atoms with Gasteiger partial charge in [0.25, 0.3) is 0 Å². The number of rotatable bonds is 8. The van der Waals surface area contributed by atoms with Crippen LogP contribution in [0.15, 0.2) is 29.3 Å². The molecule has 7 heteroatoms. The van der Waals surface area contributed by atoms with Gasteiger partial charge >= 0.3 is 0 Å². The fourth-order valence-electron chi connectivity index (χ4n) is 3.87. The molecule has 0 radical (unpaired) electrons. The van der Waals surface area contributed by atoms with Gasteiger partial charge in [0, 0.05) is 44.8 Å². The first-order chi connectivity index (χ1) is 14.2. The van der Waals surface area contributed by atoms with Crippen LogP contribution in [0.5, 0.6) is 0 Å². The number of benzene rings is 1. The molecule has 2 saturated heterocycles. The average molecular weight is 402 g/mol. The molecule has 0 aliphatic carbocycles. The molecule has 2 fully saturated rings. The summed E-state index contributed by atoms with van der Waals surface area (Å²) in [7, 11) is 0. The minimum atomic E-state index is -0.109. The van der Waals surface area contributed by atoms with Crippen molar-refractivity contribution in [1.82, 2.24) is 15.5 Å². The fraction of sp³-hybridized carbons (Fsp3) is 0.636. The number of likely N-dealkylation sites (tertiary alicyclic amines) is 1. The van der Waals surface area contributed by atoms with Crippen molar-refractivity contribution in [3.8, 4) is 0 Å². The molecule has 1 aromatic carbocycles. The monoisotopic (exact) mass is 401 g/mol. The Kier molecular flexibility index (Phi) is 8.31. The smallest absolute Gasteiger partial charge is 0.227 e. The molecular weight excluding hydrogens is 366 g/mol. The quantitative estimate of drug-likeness (QED) is 0.351. The second kappa shape index (κ2) is 11.2. The van der Waals surface area contributed by atoms with Crippen LogP contribution in [-0.4, -0.2) is 67.2 Å². The predicted molar refractivity (Wildman–Crippen MR) is 117 cm³/mol. The molecule has 1 aromatic rings. The lowest BCUT2D eigenvalue weighted by molar-refractivity contribution is -0.117. The Hall–Kier alpha value is -2.12. The molecule has 0 unspecified atom stereocenters. The zero-order valence-corrected chi connectivity index (χ0v) is 17.6. The van der Waals surface area contributed by atoms with Crippen molar-refractivity contribution in [1.29, 1.82) is 0 Å². The summed E-state index contributed by atoms with van der Waals surface area (Å²) in [4.78, 5) is 20.8. The normalized spacial score (nSPS) is 19.0. The number of carbonyl (C=O) groups excluding carboxylic acids is 1. The molecule has 3 rings (SSSR count). The third-order valence-corrected chi connectivity index (χ3v) is 5.59. The lowest BCUT2D eigenvalue weighted by Crippen LogP contribution is -2.40. The fourth-order valence-corrected chi connectivity index (χ4v) is 3.87. The highest BCUT2D eigenvalue weighted by Crippen LogP contribution is 2.21. The van der Waals surface area contributed by atoms with Gasteiger partial charge in [-0.25, -0.2) is 4.99 Å². The Bertz CT molecular complexity index is 668. The van der Waals surface area contributed by atoms with E-state index < -0.39 is 0 Å². The summed E-state index contributed by atoms with van der Waals surface area (Å²) in [5.74, 6) is 1.05. The van der Waals surface area contributed by atoms with Crippen molar-refractivity contribution in [2.75, 3.05) is 44.2 Å². The van der Waals surface area contributed by atoms with Gasteiger partial charge in [-0.2, -0.15) is 0 Å². The van der Waals surface area contributed by atoms with E-state index in [9.17, 15) is 9.90 Å². The Morgan fingerprint density at radius 3 is 2.59 bits per heavy atom. The van der Waals surface area contributed by atoms with Crippen LogP contribution in [0.4, 0.5) is 5.69 Å². The van der Waals surface area contributed by atoms with Crippen molar-refractivity contribution in [3.63, 3.8) is 0 Å². The van der Waals surface area contributed by atoms with Crippen molar-refractivity contribution < 1.29 is 9.90 Å². The molecule has 0 saturated carbocycles. The maximum Gasteiger partial charge on any atom is 0.227 e. The highest BCUT2D eigenvalue weighted by atomic mass is 16.3. The van der Waals surface area contributed by atoms with E-state index in [1.807, 2.05) is 17.0 Å². The Balaban J connectivity index is 1.43. The number of aliphatic hydroxyl groups is 1. The summed E-state index contributed by atoms with van der Waals surface area (Å²) in [6.45, 7) is 8.24. The average Bonchev–Trinajstić information content (AvgIpc) is 3.17. The minimum absolute atomic E-state index is 0.109. The maximum atomic E-state index is 11.9. The van der Waals surface area contributed by atoms with Crippen LogP contribution in [0.2, 0.25) is 0 Å². The van der Waals surface area contributed by atoms with E-state index in [-0.39, 0.29) is 12.0 Å². The zero-order chi connectivity index (χ0) is 20.5. The third kappa shape index (κ3) is 6.72. The van der Waals surface area contributed by atoms with E-state index in [0.29, 0.717) is 13.0 Å². The lowest BCUT2D eigenvalue weighted by Gasteiger charge is -2.29. The van der Waals surface area contributed by atoms with Gasteiger partial charge in [0.15, 0.2) is 5.96 Å². The number of aliphatic hydroxyl groups excluding tert-OH is 1. The first-order valence-electron chi connectivity index (χ1n) is 11.0. The van der Waals surface area contributed by atoms with Gasteiger partial charge in [0.05, 0.1) is 12.6 Å². The van der Waals surface area contributed by atoms with Gasteiger partial charge < -0.3 is 25.5 Å². The van der Waals surface area contributed by atoms with E-state index in [1.54, 1.807) is 0 Å². The molecule has 2 aliphatic rings. The lowest BCUT2D eigenvalue weighted by atomic mass is 10.1. The van der Waals surface area contributed by atoms with Crippen molar-refractivity contribution >= 4 is 17.6 Å². The molecule has 0 bridgehead atoms. The number of guanidine groups is 1. The summed E-state index contributed by atoms with van der Waals surface area (Å²) in [5.41, 5.74) is 2.11. The number of carbonyl (C=O) groups is 1. The van der Waals surface area contributed by atoms with E-state index in [0.717, 1.165) is 82.2 Å². The second-order valence-electron chi connectivity index (χ2n) is 7.86. The number of nitrogens with zero attached hydrogens (tertiary/aromatic N) is 3. The van der Waals surface area contributed by atoms with E-state index >= 15 is 0 Å². The van der Waals surface area contributed by atoms with Crippen LogP contribution < -0.4 is 15.5 Å². The predicted octanol–water partition coefficient (Wildman–Crippen LogP) is 1.72. The summed E-state index contributed by atoms with van der Waals surface area (Å²) in [6.07, 6.45) is 4.33. The first kappa shape index (κ1) is 21.6. The second-order valence-corrected chi connectivity index (χ2v) is 7.86. The highest BCUT2D eigenvalue weighted by Gasteiger charge is 2.21. The number of anilines is 1. The highest BCUT2D eigenvalue weighted by molar-refractivity contribution is 5.95. The number of hydrogen-bond acceptors (Lipinski definition) is 4. The van der Waals surface area contributed by atoms with E-state index in [2.05, 4.69) is 39.6 Å².